The Hall–Kier alpha value is -2.47. The Morgan fingerprint density at radius 3 is 2.63 bits per heavy atom. The number of hydrogen-bond acceptors (Lipinski definition) is 3. The van der Waals surface area contributed by atoms with E-state index in [1.807, 2.05) is 39.9 Å². The Morgan fingerprint density at radius 1 is 1.07 bits per heavy atom. The lowest BCUT2D eigenvalue weighted by Crippen LogP contribution is -2.49. The van der Waals surface area contributed by atoms with Crippen molar-refractivity contribution < 1.29 is 9.53 Å². The molecule has 27 heavy (non-hydrogen) atoms. The Labute approximate surface area is 167 Å². The molecule has 3 aromatic rings. The molecular weight excluding hydrogens is 406 g/mol. The molecule has 0 saturated carbocycles. The van der Waals surface area contributed by atoms with Crippen LogP contribution in [0.1, 0.15) is 0 Å². The largest absolute Gasteiger partial charge is 0.495 e. The number of anilines is 1. The third-order valence-electron chi connectivity index (χ3n) is 5.10. The minimum absolute atomic E-state index is 0.159. The molecule has 2 aromatic carbocycles. The fourth-order valence-corrected chi connectivity index (χ4v) is 3.98. The van der Waals surface area contributed by atoms with Gasteiger partial charge in [-0.1, -0.05) is 34.1 Å². The van der Waals surface area contributed by atoms with E-state index < -0.39 is 0 Å². The molecule has 5 nitrogen and oxygen atoms in total. The summed E-state index contributed by atoms with van der Waals surface area (Å²) < 4.78 is 8.51. The van der Waals surface area contributed by atoms with E-state index in [0.29, 0.717) is 6.54 Å². The summed E-state index contributed by atoms with van der Waals surface area (Å²) in [6, 6.07) is 16.2. The van der Waals surface area contributed by atoms with Crippen LogP contribution in [-0.2, 0) is 11.3 Å². The lowest BCUT2D eigenvalue weighted by Gasteiger charge is -2.36. The highest BCUT2D eigenvalue weighted by Crippen LogP contribution is 2.28. The van der Waals surface area contributed by atoms with Crippen molar-refractivity contribution in [2.75, 3.05) is 38.2 Å². The highest BCUT2D eigenvalue weighted by atomic mass is 79.9. The number of methoxy groups -OCH3 is 1. The zero-order valence-corrected chi connectivity index (χ0v) is 16.9. The molecule has 2 heterocycles. The first-order chi connectivity index (χ1) is 13.2. The predicted octanol–water partition coefficient (Wildman–Crippen LogP) is 3.76. The average molecular weight is 428 g/mol. The van der Waals surface area contributed by atoms with Crippen LogP contribution >= 0.6 is 15.9 Å². The number of fused-ring (bicyclic) bond motifs is 1. The number of halogens is 1. The first kappa shape index (κ1) is 17.9. The molecule has 1 fully saturated rings. The van der Waals surface area contributed by atoms with Gasteiger partial charge in [0.25, 0.3) is 0 Å². The first-order valence-electron chi connectivity index (χ1n) is 9.06. The number of hydrogen-bond donors (Lipinski definition) is 0. The fourth-order valence-electron chi connectivity index (χ4n) is 3.63. The number of carbonyl (C=O) groups excluding carboxylic acids is 1. The van der Waals surface area contributed by atoms with Crippen molar-refractivity contribution in [1.29, 1.82) is 0 Å². The monoisotopic (exact) mass is 427 g/mol. The Bertz CT molecular complexity index is 961. The van der Waals surface area contributed by atoms with Crippen LogP contribution in [0, 0.1) is 0 Å². The topological polar surface area (TPSA) is 37.7 Å². The van der Waals surface area contributed by atoms with Crippen LogP contribution in [-0.4, -0.2) is 48.7 Å². The van der Waals surface area contributed by atoms with E-state index in [1.165, 1.54) is 0 Å². The summed E-state index contributed by atoms with van der Waals surface area (Å²) in [5, 5.41) is 1.15. The molecule has 0 atom stereocenters. The number of piperazine rings is 1. The van der Waals surface area contributed by atoms with Gasteiger partial charge < -0.3 is 19.1 Å². The van der Waals surface area contributed by atoms with Crippen LogP contribution < -0.4 is 9.64 Å². The summed E-state index contributed by atoms with van der Waals surface area (Å²) >= 11 is 3.51. The van der Waals surface area contributed by atoms with Gasteiger partial charge in [0.05, 0.1) is 12.8 Å². The van der Waals surface area contributed by atoms with Gasteiger partial charge in [-0.2, -0.15) is 0 Å². The van der Waals surface area contributed by atoms with E-state index in [0.717, 1.165) is 53.0 Å². The van der Waals surface area contributed by atoms with Crippen molar-refractivity contribution in [3.8, 4) is 5.75 Å². The minimum Gasteiger partial charge on any atom is -0.495 e. The van der Waals surface area contributed by atoms with Gasteiger partial charge in [-0.05, 0) is 35.7 Å². The van der Waals surface area contributed by atoms with Gasteiger partial charge in [0.2, 0.25) is 5.91 Å². The standard InChI is InChI=1S/C21H22BrN3O2/c1-27-20-5-3-2-4-18(20)23-10-12-24(13-11-23)21(26)15-25-9-8-16-6-7-17(22)14-19(16)25/h2-9,14H,10-13,15H2,1H3. The molecule has 1 amide bonds. The number of aromatic nitrogens is 1. The number of carbonyl (C=O) groups is 1. The smallest absolute Gasteiger partial charge is 0.242 e. The van der Waals surface area contributed by atoms with E-state index in [2.05, 4.69) is 45.1 Å². The summed E-state index contributed by atoms with van der Waals surface area (Å²) in [7, 11) is 1.69. The highest BCUT2D eigenvalue weighted by Gasteiger charge is 2.23. The lowest BCUT2D eigenvalue weighted by atomic mass is 10.2. The molecule has 1 aliphatic heterocycles. The molecule has 0 aliphatic carbocycles. The SMILES string of the molecule is COc1ccccc1N1CCN(C(=O)Cn2ccc3ccc(Br)cc32)CC1. The molecule has 140 valence electrons. The fraction of sp³-hybridized carbons (Fsp3) is 0.286. The van der Waals surface area contributed by atoms with Crippen LogP contribution in [0.4, 0.5) is 5.69 Å². The summed E-state index contributed by atoms with van der Waals surface area (Å²) in [6.07, 6.45) is 1.99. The number of nitrogens with zero attached hydrogens (tertiary/aromatic N) is 3. The molecule has 0 unspecified atom stereocenters. The van der Waals surface area contributed by atoms with E-state index in [9.17, 15) is 4.79 Å². The first-order valence-corrected chi connectivity index (χ1v) is 9.85. The normalized spacial score (nSPS) is 14.6. The van der Waals surface area contributed by atoms with E-state index in [1.54, 1.807) is 7.11 Å². The number of rotatable bonds is 4. The van der Waals surface area contributed by atoms with Crippen molar-refractivity contribution in [1.82, 2.24) is 9.47 Å². The third kappa shape index (κ3) is 3.67. The number of ether oxygens (including phenoxy) is 1. The molecule has 1 saturated heterocycles. The Kier molecular flexibility index (Phi) is 5.07. The van der Waals surface area contributed by atoms with Crippen LogP contribution in [0.15, 0.2) is 59.2 Å². The molecule has 0 radical (unpaired) electrons. The quantitative estimate of drug-likeness (QED) is 0.635. The van der Waals surface area contributed by atoms with Crippen LogP contribution in [0.5, 0.6) is 5.75 Å². The molecule has 4 rings (SSSR count). The molecule has 1 aliphatic rings. The van der Waals surface area contributed by atoms with Crippen LogP contribution in [0.25, 0.3) is 10.9 Å². The van der Waals surface area contributed by atoms with Gasteiger partial charge in [-0.25, -0.2) is 0 Å². The van der Waals surface area contributed by atoms with Gasteiger partial charge in [0.15, 0.2) is 0 Å². The summed E-state index contributed by atoms with van der Waals surface area (Å²) in [5.41, 5.74) is 2.17. The lowest BCUT2D eigenvalue weighted by molar-refractivity contribution is -0.132. The van der Waals surface area contributed by atoms with Crippen molar-refractivity contribution in [2.45, 2.75) is 6.54 Å². The van der Waals surface area contributed by atoms with Crippen molar-refractivity contribution in [3.63, 3.8) is 0 Å². The summed E-state index contributed by atoms with van der Waals surface area (Å²) in [5.74, 6) is 1.04. The summed E-state index contributed by atoms with van der Waals surface area (Å²) in [4.78, 5) is 17.0. The van der Waals surface area contributed by atoms with Crippen LogP contribution in [0.3, 0.4) is 0 Å². The maximum absolute atomic E-state index is 12.8. The predicted molar refractivity (Wildman–Crippen MR) is 111 cm³/mol. The maximum atomic E-state index is 12.8. The van der Waals surface area contributed by atoms with Crippen molar-refractivity contribution in [3.05, 3.63) is 59.2 Å². The third-order valence-corrected chi connectivity index (χ3v) is 5.59. The highest BCUT2D eigenvalue weighted by molar-refractivity contribution is 9.10. The zero-order valence-electron chi connectivity index (χ0n) is 15.3. The second-order valence-electron chi connectivity index (χ2n) is 6.69. The van der Waals surface area contributed by atoms with Crippen LogP contribution in [0.2, 0.25) is 0 Å². The molecular formula is C21H22BrN3O2. The van der Waals surface area contributed by atoms with Gasteiger partial charge in [-0.3, -0.25) is 4.79 Å². The minimum atomic E-state index is 0.159. The summed E-state index contributed by atoms with van der Waals surface area (Å²) in [6.45, 7) is 3.43. The van der Waals surface area contributed by atoms with Crippen molar-refractivity contribution in [2.24, 2.45) is 0 Å². The van der Waals surface area contributed by atoms with E-state index in [-0.39, 0.29) is 5.91 Å². The average Bonchev–Trinajstić information content (AvgIpc) is 3.10. The second-order valence-corrected chi connectivity index (χ2v) is 7.60. The molecule has 0 spiro atoms. The van der Waals surface area contributed by atoms with Crippen molar-refractivity contribution >= 4 is 38.4 Å². The van der Waals surface area contributed by atoms with Gasteiger partial charge >= 0.3 is 0 Å². The Morgan fingerprint density at radius 2 is 1.85 bits per heavy atom. The number of benzene rings is 2. The van der Waals surface area contributed by atoms with Gasteiger partial charge in [0.1, 0.15) is 12.3 Å². The van der Waals surface area contributed by atoms with Gasteiger partial charge in [0, 0.05) is 42.4 Å². The zero-order chi connectivity index (χ0) is 18.8. The Balaban J connectivity index is 1.42. The maximum Gasteiger partial charge on any atom is 0.242 e. The molecule has 0 N–H and O–H groups in total. The second kappa shape index (κ2) is 7.64. The van der Waals surface area contributed by atoms with E-state index >= 15 is 0 Å². The van der Waals surface area contributed by atoms with Gasteiger partial charge in [-0.15, -0.1) is 0 Å². The number of amides is 1. The van der Waals surface area contributed by atoms with E-state index in [4.69, 9.17) is 4.74 Å². The molecule has 0 bridgehead atoms. The molecule has 6 heteroatoms. The molecule has 1 aromatic heterocycles. The number of para-hydroxylation sites is 2.